The Bertz CT molecular complexity index is 608. The van der Waals surface area contributed by atoms with E-state index in [-0.39, 0.29) is 5.78 Å². The fraction of sp³-hybridized carbons (Fsp3) is 0.381. The van der Waals surface area contributed by atoms with Gasteiger partial charge in [0.05, 0.1) is 0 Å². The Hall–Kier alpha value is -1.93. The van der Waals surface area contributed by atoms with Gasteiger partial charge in [0.25, 0.3) is 0 Å². The van der Waals surface area contributed by atoms with Crippen molar-refractivity contribution in [2.75, 3.05) is 6.54 Å². The van der Waals surface area contributed by atoms with Crippen molar-refractivity contribution in [1.29, 1.82) is 0 Å². The van der Waals surface area contributed by atoms with E-state index in [1.165, 1.54) is 24.8 Å². The van der Waals surface area contributed by atoms with Gasteiger partial charge in [0.1, 0.15) is 0 Å². The normalized spacial score (nSPS) is 19.2. The van der Waals surface area contributed by atoms with Crippen molar-refractivity contribution >= 4 is 5.78 Å². The van der Waals surface area contributed by atoms with Crippen LogP contribution in [0.15, 0.2) is 60.7 Å². The number of hydrogen-bond acceptors (Lipinski definition) is 2. The molecule has 0 spiro atoms. The molecule has 0 bridgehead atoms. The molecule has 1 unspecified atom stereocenters. The minimum atomic E-state index is 0.274. The highest BCUT2D eigenvalue weighted by Gasteiger charge is 2.24. The molecule has 0 amide bonds. The third-order valence-electron chi connectivity index (χ3n) is 4.74. The van der Waals surface area contributed by atoms with Crippen molar-refractivity contribution in [3.8, 4) is 0 Å². The van der Waals surface area contributed by atoms with E-state index in [4.69, 9.17) is 0 Å². The first-order chi connectivity index (χ1) is 11.3. The monoisotopic (exact) mass is 307 g/mol. The highest BCUT2D eigenvalue weighted by molar-refractivity contribution is 5.96. The van der Waals surface area contributed by atoms with E-state index in [1.54, 1.807) is 0 Å². The Morgan fingerprint density at radius 3 is 2.35 bits per heavy atom. The number of rotatable bonds is 5. The average molecular weight is 307 g/mol. The maximum Gasteiger partial charge on any atom is 0.164 e. The third-order valence-corrected chi connectivity index (χ3v) is 4.74. The van der Waals surface area contributed by atoms with Gasteiger partial charge in [0.15, 0.2) is 5.78 Å². The highest BCUT2D eigenvalue weighted by Crippen LogP contribution is 2.23. The van der Waals surface area contributed by atoms with Crippen molar-refractivity contribution in [2.24, 2.45) is 0 Å². The van der Waals surface area contributed by atoms with Gasteiger partial charge in [-0.1, -0.05) is 73.5 Å². The van der Waals surface area contributed by atoms with Gasteiger partial charge in [-0.15, -0.1) is 0 Å². The van der Waals surface area contributed by atoms with Crippen molar-refractivity contribution < 1.29 is 4.79 Å². The fourth-order valence-corrected chi connectivity index (χ4v) is 3.45. The van der Waals surface area contributed by atoms with Gasteiger partial charge in [-0.2, -0.15) is 0 Å². The van der Waals surface area contributed by atoms with Crippen molar-refractivity contribution in [3.05, 3.63) is 71.8 Å². The molecular weight excluding hydrogens is 282 g/mol. The van der Waals surface area contributed by atoms with E-state index in [1.807, 2.05) is 30.3 Å². The highest BCUT2D eigenvalue weighted by atomic mass is 16.1. The number of hydrogen-bond donors (Lipinski definition) is 0. The van der Waals surface area contributed by atoms with Gasteiger partial charge >= 0.3 is 0 Å². The third kappa shape index (κ3) is 4.52. The molecule has 2 aromatic carbocycles. The summed E-state index contributed by atoms with van der Waals surface area (Å²) >= 11 is 0. The quantitative estimate of drug-likeness (QED) is 0.746. The largest absolute Gasteiger partial charge is 0.296 e. The minimum Gasteiger partial charge on any atom is -0.296 e. The second-order valence-electron chi connectivity index (χ2n) is 6.45. The maximum absolute atomic E-state index is 12.6. The predicted molar refractivity (Wildman–Crippen MR) is 94.5 cm³/mol. The number of benzene rings is 2. The average Bonchev–Trinajstić information content (AvgIpc) is 2.82. The first-order valence-corrected chi connectivity index (χ1v) is 8.69. The molecule has 0 aromatic heterocycles. The molecule has 2 nitrogen and oxygen atoms in total. The lowest BCUT2D eigenvalue weighted by atomic mass is 9.99. The first-order valence-electron chi connectivity index (χ1n) is 8.69. The molecule has 1 aliphatic rings. The Labute approximate surface area is 139 Å². The van der Waals surface area contributed by atoms with E-state index < -0.39 is 0 Å². The molecule has 2 aromatic rings. The Balaban J connectivity index is 1.70. The number of carbonyl (C=O) groups is 1. The number of carbonyl (C=O) groups excluding carboxylic acids is 1. The molecular formula is C21H25NO. The molecule has 1 fully saturated rings. The van der Waals surface area contributed by atoms with Crippen LogP contribution in [0.1, 0.15) is 48.0 Å². The van der Waals surface area contributed by atoms with E-state index in [2.05, 4.69) is 35.2 Å². The van der Waals surface area contributed by atoms with Crippen LogP contribution in [-0.4, -0.2) is 23.3 Å². The van der Waals surface area contributed by atoms with Gasteiger partial charge in [-0.25, -0.2) is 0 Å². The molecule has 0 N–H and O–H groups in total. The van der Waals surface area contributed by atoms with Gasteiger partial charge < -0.3 is 0 Å². The molecule has 1 saturated heterocycles. The van der Waals surface area contributed by atoms with E-state index in [0.717, 1.165) is 25.1 Å². The lowest BCUT2D eigenvalue weighted by Gasteiger charge is -2.29. The number of likely N-dealkylation sites (tertiary alicyclic amines) is 1. The van der Waals surface area contributed by atoms with Crippen LogP contribution < -0.4 is 0 Å². The van der Waals surface area contributed by atoms with Crippen molar-refractivity contribution in [1.82, 2.24) is 4.90 Å². The van der Waals surface area contributed by atoms with Crippen molar-refractivity contribution in [2.45, 2.75) is 44.7 Å². The lowest BCUT2D eigenvalue weighted by Crippen LogP contribution is -2.36. The standard InChI is InChI=1S/C21H25NO/c23-21(19-12-6-2-7-13-19)16-20-14-8-3-9-15-22(20)17-18-10-4-1-5-11-18/h1-2,4-7,10-13,20H,3,8-9,14-17H2. The van der Waals surface area contributed by atoms with Crippen LogP contribution in [0.3, 0.4) is 0 Å². The summed E-state index contributed by atoms with van der Waals surface area (Å²) in [4.78, 5) is 15.1. The second kappa shape index (κ2) is 8.07. The van der Waals surface area contributed by atoms with Crippen LogP contribution >= 0.6 is 0 Å². The summed E-state index contributed by atoms with van der Waals surface area (Å²) in [6.45, 7) is 2.05. The van der Waals surface area contributed by atoms with Crippen LogP contribution in [-0.2, 0) is 6.54 Å². The van der Waals surface area contributed by atoms with Crippen LogP contribution in [0.25, 0.3) is 0 Å². The summed E-state index contributed by atoms with van der Waals surface area (Å²) in [7, 11) is 0. The summed E-state index contributed by atoms with van der Waals surface area (Å²) in [5.41, 5.74) is 2.18. The zero-order chi connectivity index (χ0) is 15.9. The van der Waals surface area contributed by atoms with E-state index in [0.29, 0.717) is 12.5 Å². The number of nitrogens with zero attached hydrogens (tertiary/aromatic N) is 1. The summed E-state index contributed by atoms with van der Waals surface area (Å²) in [6, 6.07) is 20.7. The minimum absolute atomic E-state index is 0.274. The SMILES string of the molecule is O=C(CC1CCCCCN1Cc1ccccc1)c1ccccc1. The smallest absolute Gasteiger partial charge is 0.164 e. The number of ketones is 1. The van der Waals surface area contributed by atoms with Crippen LogP contribution in [0.4, 0.5) is 0 Å². The fourth-order valence-electron chi connectivity index (χ4n) is 3.45. The van der Waals surface area contributed by atoms with Crippen LogP contribution in [0, 0.1) is 0 Å². The summed E-state index contributed by atoms with van der Waals surface area (Å²) in [5, 5.41) is 0. The van der Waals surface area contributed by atoms with Gasteiger partial charge in [-0.3, -0.25) is 9.69 Å². The van der Waals surface area contributed by atoms with Gasteiger partial charge in [0, 0.05) is 24.6 Å². The lowest BCUT2D eigenvalue weighted by molar-refractivity contribution is 0.0911. The molecule has 1 heterocycles. The van der Waals surface area contributed by atoms with Crippen molar-refractivity contribution in [3.63, 3.8) is 0 Å². The summed E-state index contributed by atoms with van der Waals surface area (Å²) in [6.07, 6.45) is 5.52. The Morgan fingerprint density at radius 2 is 1.61 bits per heavy atom. The molecule has 120 valence electrons. The molecule has 3 rings (SSSR count). The predicted octanol–water partition coefficient (Wildman–Crippen LogP) is 4.70. The van der Waals surface area contributed by atoms with Gasteiger partial charge in [-0.05, 0) is 24.9 Å². The van der Waals surface area contributed by atoms with E-state index >= 15 is 0 Å². The van der Waals surface area contributed by atoms with Crippen LogP contribution in [0.2, 0.25) is 0 Å². The second-order valence-corrected chi connectivity index (χ2v) is 6.45. The molecule has 0 aliphatic carbocycles. The Kier molecular flexibility index (Phi) is 5.60. The molecule has 1 aliphatic heterocycles. The zero-order valence-electron chi connectivity index (χ0n) is 13.7. The maximum atomic E-state index is 12.6. The van der Waals surface area contributed by atoms with E-state index in [9.17, 15) is 4.79 Å². The zero-order valence-corrected chi connectivity index (χ0v) is 13.7. The van der Waals surface area contributed by atoms with Gasteiger partial charge in [0.2, 0.25) is 0 Å². The Morgan fingerprint density at radius 1 is 0.913 bits per heavy atom. The molecule has 1 atom stereocenters. The molecule has 0 radical (unpaired) electrons. The summed E-state index contributed by atoms with van der Waals surface area (Å²) < 4.78 is 0. The first kappa shape index (κ1) is 15.9. The number of Topliss-reactive ketones (excluding diaryl/α,β-unsaturated/α-hetero) is 1. The molecule has 23 heavy (non-hydrogen) atoms. The molecule has 0 saturated carbocycles. The summed E-state index contributed by atoms with van der Waals surface area (Å²) in [5.74, 6) is 0.274. The molecule has 2 heteroatoms. The van der Waals surface area contributed by atoms with Crippen LogP contribution in [0.5, 0.6) is 0 Å². The topological polar surface area (TPSA) is 20.3 Å².